The summed E-state index contributed by atoms with van der Waals surface area (Å²) in [5.74, 6) is 0.436. The number of allylic oxidation sites excluding steroid dienone is 1. The molecule has 0 fully saturated rings. The Hall–Kier alpha value is -0.990. The van der Waals surface area contributed by atoms with Crippen molar-refractivity contribution < 1.29 is 14.3 Å². The Labute approximate surface area is 78.7 Å². The Bertz CT molecular complexity index is 255. The van der Waals surface area contributed by atoms with Crippen LogP contribution in [-0.2, 0) is 14.3 Å². The van der Waals surface area contributed by atoms with Crippen LogP contribution in [0.5, 0.6) is 0 Å². The minimum atomic E-state index is -0.269. The fourth-order valence-corrected chi connectivity index (χ4v) is 1.50. The smallest absolute Gasteiger partial charge is 0.337 e. The van der Waals surface area contributed by atoms with Crippen LogP contribution in [0.3, 0.4) is 0 Å². The largest absolute Gasteiger partial charge is 0.491 e. The van der Waals surface area contributed by atoms with Crippen LogP contribution in [-0.4, -0.2) is 18.7 Å². The molecule has 0 spiro atoms. The van der Waals surface area contributed by atoms with Gasteiger partial charge in [-0.25, -0.2) is 4.79 Å². The van der Waals surface area contributed by atoms with Gasteiger partial charge >= 0.3 is 5.97 Å². The highest BCUT2D eigenvalue weighted by atomic mass is 16.5. The molecule has 0 aromatic heterocycles. The number of ether oxygens (including phenoxy) is 2. The van der Waals surface area contributed by atoms with Gasteiger partial charge in [-0.15, -0.1) is 0 Å². The fraction of sp³-hybridized carbons (Fsp3) is 0.700. The molecule has 0 aromatic rings. The first-order valence-electron chi connectivity index (χ1n) is 4.49. The summed E-state index contributed by atoms with van der Waals surface area (Å²) in [6.45, 7) is 5.87. The van der Waals surface area contributed by atoms with Gasteiger partial charge in [0.25, 0.3) is 0 Å². The molecule has 0 saturated carbocycles. The lowest BCUT2D eigenvalue weighted by molar-refractivity contribution is -0.136. The zero-order valence-corrected chi connectivity index (χ0v) is 8.64. The van der Waals surface area contributed by atoms with Crippen LogP contribution in [0.4, 0.5) is 0 Å². The van der Waals surface area contributed by atoms with Gasteiger partial charge in [0, 0.05) is 6.42 Å². The zero-order valence-electron chi connectivity index (χ0n) is 8.64. The second-order valence-corrected chi connectivity index (χ2v) is 3.61. The lowest BCUT2D eigenvalue weighted by Gasteiger charge is -2.22. The summed E-state index contributed by atoms with van der Waals surface area (Å²) < 4.78 is 10.3. The molecule has 0 N–H and O–H groups in total. The standard InChI is InChI=1S/C10H16O3/c1-5-10(3)6-8(7(2)13-10)9(11)12-4/h5-6H2,1-4H3. The molecule has 0 aliphatic carbocycles. The summed E-state index contributed by atoms with van der Waals surface area (Å²) >= 11 is 0. The maximum atomic E-state index is 11.3. The molecule has 1 rings (SSSR count). The average Bonchev–Trinajstić information content (AvgIpc) is 2.42. The molecule has 1 unspecified atom stereocenters. The third-order valence-corrected chi connectivity index (χ3v) is 2.55. The molecule has 0 bridgehead atoms. The van der Waals surface area contributed by atoms with Gasteiger partial charge in [-0.2, -0.15) is 0 Å². The van der Waals surface area contributed by atoms with Gasteiger partial charge in [-0.05, 0) is 20.3 Å². The quantitative estimate of drug-likeness (QED) is 0.616. The highest BCUT2D eigenvalue weighted by Crippen LogP contribution is 2.36. The van der Waals surface area contributed by atoms with Gasteiger partial charge in [0.1, 0.15) is 11.4 Å². The number of carbonyl (C=O) groups is 1. The van der Waals surface area contributed by atoms with Crippen LogP contribution in [0.15, 0.2) is 11.3 Å². The van der Waals surface area contributed by atoms with Crippen molar-refractivity contribution in [2.75, 3.05) is 7.11 Å². The molecule has 74 valence electrons. The second-order valence-electron chi connectivity index (χ2n) is 3.61. The van der Waals surface area contributed by atoms with Crippen molar-refractivity contribution in [2.24, 2.45) is 0 Å². The van der Waals surface area contributed by atoms with Crippen molar-refractivity contribution in [3.8, 4) is 0 Å². The Morgan fingerprint density at radius 3 is 2.69 bits per heavy atom. The minimum Gasteiger partial charge on any atom is -0.491 e. The number of methoxy groups -OCH3 is 1. The Kier molecular flexibility index (Phi) is 2.64. The van der Waals surface area contributed by atoms with E-state index in [2.05, 4.69) is 4.74 Å². The van der Waals surface area contributed by atoms with E-state index >= 15 is 0 Å². The van der Waals surface area contributed by atoms with Gasteiger partial charge in [0.2, 0.25) is 0 Å². The van der Waals surface area contributed by atoms with Crippen molar-refractivity contribution >= 4 is 5.97 Å². The summed E-state index contributed by atoms with van der Waals surface area (Å²) in [5.41, 5.74) is 0.458. The van der Waals surface area contributed by atoms with Crippen LogP contribution < -0.4 is 0 Å². The van der Waals surface area contributed by atoms with Crippen molar-refractivity contribution in [3.63, 3.8) is 0 Å². The maximum absolute atomic E-state index is 11.3. The van der Waals surface area contributed by atoms with Crippen LogP contribution >= 0.6 is 0 Å². The summed E-state index contributed by atoms with van der Waals surface area (Å²) in [4.78, 5) is 11.3. The predicted octanol–water partition coefficient (Wildman–Crippen LogP) is 2.02. The van der Waals surface area contributed by atoms with Crippen molar-refractivity contribution in [1.82, 2.24) is 0 Å². The van der Waals surface area contributed by atoms with Crippen molar-refractivity contribution in [1.29, 1.82) is 0 Å². The molecular weight excluding hydrogens is 168 g/mol. The van der Waals surface area contributed by atoms with Crippen molar-refractivity contribution in [2.45, 2.75) is 39.2 Å². The van der Waals surface area contributed by atoms with Crippen LogP contribution in [0.2, 0.25) is 0 Å². The lowest BCUT2D eigenvalue weighted by Crippen LogP contribution is -2.22. The van der Waals surface area contributed by atoms with Crippen LogP contribution in [0.25, 0.3) is 0 Å². The molecule has 3 heteroatoms. The van der Waals surface area contributed by atoms with E-state index in [1.807, 2.05) is 20.8 Å². The summed E-state index contributed by atoms with van der Waals surface area (Å²) in [5, 5.41) is 0. The Morgan fingerprint density at radius 2 is 2.31 bits per heavy atom. The normalized spacial score (nSPS) is 27.4. The van der Waals surface area contributed by atoms with E-state index in [-0.39, 0.29) is 11.6 Å². The lowest BCUT2D eigenvalue weighted by atomic mass is 9.96. The molecule has 1 aliphatic rings. The van der Waals surface area contributed by atoms with Crippen LogP contribution in [0.1, 0.15) is 33.6 Å². The zero-order chi connectivity index (χ0) is 10.1. The van der Waals surface area contributed by atoms with Gasteiger partial charge in [-0.3, -0.25) is 0 Å². The third kappa shape index (κ3) is 1.85. The molecule has 0 amide bonds. The molecule has 0 radical (unpaired) electrons. The van der Waals surface area contributed by atoms with E-state index in [1.54, 1.807) is 0 Å². The summed E-state index contributed by atoms with van der Waals surface area (Å²) in [6.07, 6.45) is 1.55. The molecule has 3 nitrogen and oxygen atoms in total. The first kappa shape index (κ1) is 10.1. The molecule has 1 aliphatic heterocycles. The average molecular weight is 184 g/mol. The van der Waals surface area contributed by atoms with E-state index < -0.39 is 0 Å². The first-order chi connectivity index (χ1) is 6.02. The molecule has 1 atom stereocenters. The fourth-order valence-electron chi connectivity index (χ4n) is 1.50. The topological polar surface area (TPSA) is 35.5 Å². The molecular formula is C10H16O3. The summed E-state index contributed by atoms with van der Waals surface area (Å²) in [7, 11) is 1.39. The number of rotatable bonds is 2. The molecule has 0 aromatic carbocycles. The van der Waals surface area contributed by atoms with Gasteiger partial charge < -0.3 is 9.47 Å². The van der Waals surface area contributed by atoms with Gasteiger partial charge in [-0.1, -0.05) is 6.92 Å². The number of hydrogen-bond donors (Lipinski definition) is 0. The number of carbonyl (C=O) groups excluding carboxylic acids is 1. The first-order valence-corrected chi connectivity index (χ1v) is 4.49. The van der Waals surface area contributed by atoms with Crippen LogP contribution in [0, 0.1) is 0 Å². The molecule has 0 saturated heterocycles. The Morgan fingerprint density at radius 1 is 1.69 bits per heavy atom. The van der Waals surface area contributed by atoms with E-state index in [0.717, 1.165) is 6.42 Å². The predicted molar refractivity (Wildman–Crippen MR) is 49.1 cm³/mol. The number of esters is 1. The monoisotopic (exact) mass is 184 g/mol. The molecule has 13 heavy (non-hydrogen) atoms. The second kappa shape index (κ2) is 3.40. The van der Waals surface area contributed by atoms with Gasteiger partial charge in [0.15, 0.2) is 0 Å². The van der Waals surface area contributed by atoms with Crippen molar-refractivity contribution in [3.05, 3.63) is 11.3 Å². The number of hydrogen-bond acceptors (Lipinski definition) is 3. The maximum Gasteiger partial charge on any atom is 0.337 e. The van der Waals surface area contributed by atoms with E-state index in [9.17, 15) is 4.79 Å². The molecule has 1 heterocycles. The minimum absolute atomic E-state index is 0.215. The highest BCUT2D eigenvalue weighted by Gasteiger charge is 2.36. The van der Waals surface area contributed by atoms with E-state index in [0.29, 0.717) is 17.8 Å². The SMILES string of the molecule is CCC1(C)CC(C(=O)OC)=C(C)O1. The van der Waals surface area contributed by atoms with E-state index in [4.69, 9.17) is 4.74 Å². The summed E-state index contributed by atoms with van der Waals surface area (Å²) in [6, 6.07) is 0. The van der Waals surface area contributed by atoms with Gasteiger partial charge in [0.05, 0.1) is 12.7 Å². The van der Waals surface area contributed by atoms with E-state index in [1.165, 1.54) is 7.11 Å². The third-order valence-electron chi connectivity index (χ3n) is 2.55. The Balaban J connectivity index is 2.79. The highest BCUT2D eigenvalue weighted by molar-refractivity contribution is 5.89.